The van der Waals surface area contributed by atoms with Crippen molar-refractivity contribution in [3.05, 3.63) is 29.6 Å². The van der Waals surface area contributed by atoms with Crippen LogP contribution in [-0.2, 0) is 4.79 Å². The predicted octanol–water partition coefficient (Wildman–Crippen LogP) is 2.39. The van der Waals surface area contributed by atoms with Gasteiger partial charge >= 0.3 is 5.97 Å². The van der Waals surface area contributed by atoms with E-state index in [9.17, 15) is 14.3 Å². The zero-order valence-electron chi connectivity index (χ0n) is 10.7. The number of carbonyl (C=O) groups is 1. The van der Waals surface area contributed by atoms with Gasteiger partial charge in [0, 0.05) is 17.6 Å². The maximum Gasteiger partial charge on any atom is 0.317 e. The van der Waals surface area contributed by atoms with Crippen molar-refractivity contribution in [3.63, 3.8) is 0 Å². The molecule has 2 N–H and O–H groups in total. The van der Waals surface area contributed by atoms with Crippen LogP contribution in [0, 0.1) is 5.82 Å². The number of carboxylic acid groups (broad SMARTS) is 1. The third-order valence-corrected chi connectivity index (χ3v) is 2.92. The Morgan fingerprint density at radius 1 is 1.39 bits per heavy atom. The van der Waals surface area contributed by atoms with Gasteiger partial charge in [-0.3, -0.25) is 9.69 Å². The Kier molecular flexibility index (Phi) is 4.67. The molecule has 0 aliphatic heterocycles. The molecule has 18 heavy (non-hydrogen) atoms. The van der Waals surface area contributed by atoms with E-state index in [4.69, 9.17) is 5.11 Å². The van der Waals surface area contributed by atoms with Crippen molar-refractivity contribution in [3.8, 4) is 5.75 Å². The van der Waals surface area contributed by atoms with Crippen molar-refractivity contribution in [2.45, 2.75) is 32.9 Å². The Balaban J connectivity index is 3.04. The zero-order valence-corrected chi connectivity index (χ0v) is 10.7. The number of hydrogen-bond donors (Lipinski definition) is 2. The second kappa shape index (κ2) is 5.82. The van der Waals surface area contributed by atoms with Gasteiger partial charge < -0.3 is 10.2 Å². The number of halogens is 1. The Bertz CT molecular complexity index is 434. The Morgan fingerprint density at radius 2 is 2.00 bits per heavy atom. The van der Waals surface area contributed by atoms with Crippen LogP contribution in [0.1, 0.15) is 32.4 Å². The van der Waals surface area contributed by atoms with Crippen molar-refractivity contribution >= 4 is 5.97 Å². The predicted molar refractivity (Wildman–Crippen MR) is 66.0 cm³/mol. The summed E-state index contributed by atoms with van der Waals surface area (Å²) in [6, 6.07) is 3.27. The number of phenolic OH excluding ortho intramolecular Hbond substituents is 1. The molecule has 0 amide bonds. The van der Waals surface area contributed by atoms with Crippen LogP contribution in [0.5, 0.6) is 5.75 Å². The minimum atomic E-state index is -0.952. The maximum atomic E-state index is 13.2. The minimum absolute atomic E-state index is 0.0278. The molecule has 1 aromatic carbocycles. The molecule has 0 aliphatic rings. The first-order valence-corrected chi connectivity index (χ1v) is 5.79. The highest BCUT2D eigenvalue weighted by Crippen LogP contribution is 2.30. The molecule has 0 saturated heterocycles. The van der Waals surface area contributed by atoms with Gasteiger partial charge in [0.25, 0.3) is 0 Å². The minimum Gasteiger partial charge on any atom is -0.508 e. The van der Waals surface area contributed by atoms with E-state index >= 15 is 0 Å². The smallest absolute Gasteiger partial charge is 0.317 e. The molecule has 1 unspecified atom stereocenters. The monoisotopic (exact) mass is 255 g/mol. The second-order valence-corrected chi connectivity index (χ2v) is 4.54. The summed E-state index contributed by atoms with van der Waals surface area (Å²) in [4.78, 5) is 12.5. The van der Waals surface area contributed by atoms with Gasteiger partial charge in [-0.05, 0) is 39.0 Å². The molecule has 5 heteroatoms. The number of hydrogen-bond acceptors (Lipinski definition) is 3. The van der Waals surface area contributed by atoms with E-state index in [1.807, 2.05) is 13.8 Å². The molecule has 0 aliphatic carbocycles. The summed E-state index contributed by atoms with van der Waals surface area (Å²) >= 11 is 0. The molecule has 1 atom stereocenters. The van der Waals surface area contributed by atoms with Crippen LogP contribution in [0.2, 0.25) is 0 Å². The van der Waals surface area contributed by atoms with E-state index in [2.05, 4.69) is 0 Å². The van der Waals surface area contributed by atoms with Crippen LogP contribution in [0.15, 0.2) is 18.2 Å². The number of aromatic hydroxyl groups is 1. The lowest BCUT2D eigenvalue weighted by Crippen LogP contribution is -2.37. The fraction of sp³-hybridized carbons (Fsp3) is 0.462. The number of benzene rings is 1. The summed E-state index contributed by atoms with van der Waals surface area (Å²) in [5.41, 5.74) is 0.393. The van der Waals surface area contributed by atoms with E-state index in [0.29, 0.717) is 5.56 Å². The van der Waals surface area contributed by atoms with E-state index in [0.717, 1.165) is 0 Å². The fourth-order valence-electron chi connectivity index (χ4n) is 1.96. The molecule has 100 valence electrons. The molecular weight excluding hydrogens is 237 g/mol. The average molecular weight is 255 g/mol. The van der Waals surface area contributed by atoms with Gasteiger partial charge in [0.05, 0.1) is 6.54 Å². The van der Waals surface area contributed by atoms with E-state index in [1.54, 1.807) is 11.8 Å². The molecule has 0 fully saturated rings. The van der Waals surface area contributed by atoms with Crippen molar-refractivity contribution in [2.24, 2.45) is 0 Å². The van der Waals surface area contributed by atoms with Gasteiger partial charge in [-0.15, -0.1) is 0 Å². The fourth-order valence-corrected chi connectivity index (χ4v) is 1.96. The molecule has 0 spiro atoms. The van der Waals surface area contributed by atoms with Crippen LogP contribution in [-0.4, -0.2) is 33.7 Å². The number of aliphatic carboxylic acids is 1. The molecule has 0 aromatic heterocycles. The standard InChI is InChI=1S/C13H18FNO3/c1-8(2)15(7-13(17)18)9(3)11-6-10(14)4-5-12(11)16/h4-6,8-9,16H,7H2,1-3H3,(H,17,18). The molecule has 0 radical (unpaired) electrons. The largest absolute Gasteiger partial charge is 0.508 e. The van der Waals surface area contributed by atoms with Crippen molar-refractivity contribution < 1.29 is 19.4 Å². The van der Waals surface area contributed by atoms with Crippen LogP contribution in [0.25, 0.3) is 0 Å². The number of rotatable bonds is 5. The van der Waals surface area contributed by atoms with Crippen molar-refractivity contribution in [2.75, 3.05) is 6.54 Å². The first-order chi connectivity index (χ1) is 8.32. The van der Waals surface area contributed by atoms with Crippen LogP contribution < -0.4 is 0 Å². The van der Waals surface area contributed by atoms with Gasteiger partial charge in [0.15, 0.2) is 0 Å². The van der Waals surface area contributed by atoms with Crippen LogP contribution in [0.4, 0.5) is 4.39 Å². The second-order valence-electron chi connectivity index (χ2n) is 4.54. The molecule has 1 aromatic rings. The van der Waals surface area contributed by atoms with Gasteiger partial charge in [-0.2, -0.15) is 0 Å². The summed E-state index contributed by atoms with van der Waals surface area (Å²) in [5.74, 6) is -1.43. The number of phenols is 1. The van der Waals surface area contributed by atoms with E-state index in [1.165, 1.54) is 18.2 Å². The van der Waals surface area contributed by atoms with Gasteiger partial charge in [-0.25, -0.2) is 4.39 Å². The lowest BCUT2D eigenvalue weighted by molar-refractivity contribution is -0.139. The summed E-state index contributed by atoms with van der Waals surface area (Å²) in [7, 11) is 0. The molecule has 4 nitrogen and oxygen atoms in total. The van der Waals surface area contributed by atoms with E-state index < -0.39 is 11.8 Å². The number of carboxylic acids is 1. The first-order valence-electron chi connectivity index (χ1n) is 5.79. The highest BCUT2D eigenvalue weighted by molar-refractivity contribution is 5.69. The van der Waals surface area contributed by atoms with Crippen molar-refractivity contribution in [1.29, 1.82) is 0 Å². The Hall–Kier alpha value is -1.62. The third kappa shape index (κ3) is 3.43. The molecular formula is C13H18FNO3. The highest BCUT2D eigenvalue weighted by Gasteiger charge is 2.23. The highest BCUT2D eigenvalue weighted by atomic mass is 19.1. The van der Waals surface area contributed by atoms with Gasteiger partial charge in [-0.1, -0.05) is 0 Å². The molecule has 0 saturated carbocycles. The van der Waals surface area contributed by atoms with Crippen LogP contribution in [0.3, 0.4) is 0 Å². The van der Waals surface area contributed by atoms with E-state index in [-0.39, 0.29) is 24.4 Å². The number of nitrogens with zero attached hydrogens (tertiary/aromatic N) is 1. The maximum absolute atomic E-state index is 13.2. The quantitative estimate of drug-likeness (QED) is 0.848. The molecule has 0 heterocycles. The summed E-state index contributed by atoms with van der Waals surface area (Å²) < 4.78 is 13.2. The van der Waals surface area contributed by atoms with Crippen LogP contribution >= 0.6 is 0 Å². The summed E-state index contributed by atoms with van der Waals surface area (Å²) in [5, 5.41) is 18.6. The topological polar surface area (TPSA) is 60.8 Å². The molecule has 0 bridgehead atoms. The third-order valence-electron chi connectivity index (χ3n) is 2.92. The normalized spacial score (nSPS) is 13.0. The summed E-state index contributed by atoms with van der Waals surface area (Å²) in [6.45, 7) is 5.30. The van der Waals surface area contributed by atoms with Gasteiger partial charge in [0.1, 0.15) is 11.6 Å². The summed E-state index contributed by atoms with van der Waals surface area (Å²) in [6.07, 6.45) is 0. The Labute approximate surface area is 106 Å². The van der Waals surface area contributed by atoms with Gasteiger partial charge in [0.2, 0.25) is 0 Å². The Morgan fingerprint density at radius 3 is 2.50 bits per heavy atom. The van der Waals surface area contributed by atoms with Crippen molar-refractivity contribution in [1.82, 2.24) is 4.90 Å². The lowest BCUT2D eigenvalue weighted by Gasteiger charge is -2.31. The zero-order chi connectivity index (χ0) is 13.9. The lowest BCUT2D eigenvalue weighted by atomic mass is 10.0. The molecule has 1 rings (SSSR count). The first kappa shape index (κ1) is 14.4. The average Bonchev–Trinajstić information content (AvgIpc) is 2.27. The SMILES string of the molecule is CC(C)N(CC(=O)O)C(C)c1cc(F)ccc1O.